The first-order valence-electron chi connectivity index (χ1n) is 8.60. The Balaban J connectivity index is 1.86. The smallest absolute Gasteiger partial charge is 0.226 e. The van der Waals surface area contributed by atoms with Crippen molar-refractivity contribution in [2.45, 2.75) is 26.3 Å². The lowest BCUT2D eigenvalue weighted by Crippen LogP contribution is -2.27. The van der Waals surface area contributed by atoms with Crippen molar-refractivity contribution in [3.8, 4) is 22.5 Å². The number of aryl methyl sites for hydroxylation is 2. The third-order valence-electron chi connectivity index (χ3n) is 4.65. The van der Waals surface area contributed by atoms with Crippen LogP contribution in [0, 0.1) is 13.8 Å². The zero-order chi connectivity index (χ0) is 18.3. The van der Waals surface area contributed by atoms with Gasteiger partial charge >= 0.3 is 0 Å². The summed E-state index contributed by atoms with van der Waals surface area (Å²) in [5.41, 5.74) is 10.4. The minimum absolute atomic E-state index is 0.153. The molecule has 1 atom stereocenters. The van der Waals surface area contributed by atoms with Gasteiger partial charge in [-0.25, -0.2) is 9.97 Å². The molecule has 0 radical (unpaired) electrons. The van der Waals surface area contributed by atoms with Crippen LogP contribution >= 0.6 is 11.6 Å². The molecule has 1 aliphatic heterocycles. The molecular weight excluding hydrogens is 350 g/mol. The molecule has 1 aliphatic rings. The molecule has 2 N–H and O–H groups in total. The van der Waals surface area contributed by atoms with Crippen LogP contribution in [0.4, 0.5) is 5.95 Å². The highest BCUT2D eigenvalue weighted by Crippen LogP contribution is 2.31. The van der Waals surface area contributed by atoms with Crippen molar-refractivity contribution >= 4 is 17.5 Å². The summed E-state index contributed by atoms with van der Waals surface area (Å²) in [7, 11) is 0. The summed E-state index contributed by atoms with van der Waals surface area (Å²) in [6, 6.07) is 9.76. The lowest BCUT2D eigenvalue weighted by atomic mass is 10.1. The first-order chi connectivity index (χ1) is 12.5. The van der Waals surface area contributed by atoms with Crippen molar-refractivity contribution in [3.63, 3.8) is 0 Å². The summed E-state index contributed by atoms with van der Waals surface area (Å²) in [6.45, 7) is 5.42. The van der Waals surface area contributed by atoms with E-state index in [1.807, 2.05) is 44.2 Å². The van der Waals surface area contributed by atoms with Crippen molar-refractivity contribution in [3.05, 3.63) is 46.8 Å². The van der Waals surface area contributed by atoms with Gasteiger partial charge in [0, 0.05) is 29.7 Å². The van der Waals surface area contributed by atoms with E-state index < -0.39 is 0 Å². The third kappa shape index (κ3) is 3.18. The molecule has 3 heterocycles. The third-order valence-corrected chi connectivity index (χ3v) is 4.90. The van der Waals surface area contributed by atoms with Gasteiger partial charge in [0.1, 0.15) is 5.76 Å². The van der Waals surface area contributed by atoms with E-state index >= 15 is 0 Å². The molecule has 0 saturated carbocycles. The molecule has 0 amide bonds. The molecule has 1 aromatic carbocycles. The minimum Gasteiger partial charge on any atom is -0.361 e. The zero-order valence-electron chi connectivity index (χ0n) is 14.7. The van der Waals surface area contributed by atoms with Gasteiger partial charge in [0.25, 0.3) is 0 Å². The summed E-state index contributed by atoms with van der Waals surface area (Å²) in [5.74, 6) is 1.42. The number of nitrogens with zero attached hydrogens (tertiary/aromatic N) is 4. The summed E-state index contributed by atoms with van der Waals surface area (Å²) >= 11 is 6.03. The number of aromatic nitrogens is 3. The molecule has 1 saturated heterocycles. The van der Waals surface area contributed by atoms with E-state index in [0.717, 1.165) is 53.5 Å². The molecule has 1 fully saturated rings. The van der Waals surface area contributed by atoms with E-state index in [9.17, 15) is 0 Å². The number of halogens is 1. The Labute approximate surface area is 157 Å². The Kier molecular flexibility index (Phi) is 4.38. The van der Waals surface area contributed by atoms with Gasteiger partial charge in [-0.1, -0.05) is 28.9 Å². The minimum atomic E-state index is 0.153. The second-order valence-electron chi connectivity index (χ2n) is 6.64. The first kappa shape index (κ1) is 17.0. The van der Waals surface area contributed by atoms with E-state index in [2.05, 4.69) is 10.1 Å². The fourth-order valence-corrected chi connectivity index (χ4v) is 3.42. The van der Waals surface area contributed by atoms with Crippen LogP contribution in [0.1, 0.15) is 17.9 Å². The van der Waals surface area contributed by atoms with Crippen molar-refractivity contribution in [2.24, 2.45) is 5.73 Å². The quantitative estimate of drug-likeness (QED) is 0.759. The Morgan fingerprint density at radius 3 is 2.50 bits per heavy atom. The van der Waals surface area contributed by atoms with Crippen LogP contribution < -0.4 is 10.6 Å². The van der Waals surface area contributed by atoms with Gasteiger partial charge in [-0.05, 0) is 38.5 Å². The van der Waals surface area contributed by atoms with E-state index in [4.69, 9.17) is 31.8 Å². The lowest BCUT2D eigenvalue weighted by molar-refractivity contribution is 0.393. The van der Waals surface area contributed by atoms with Crippen LogP contribution in [0.3, 0.4) is 0 Å². The second kappa shape index (κ2) is 6.70. The molecule has 0 spiro atoms. The highest BCUT2D eigenvalue weighted by molar-refractivity contribution is 6.30. The van der Waals surface area contributed by atoms with Crippen LogP contribution in [0.25, 0.3) is 22.5 Å². The van der Waals surface area contributed by atoms with Gasteiger partial charge in [0.2, 0.25) is 5.95 Å². The van der Waals surface area contributed by atoms with Gasteiger partial charge in [-0.15, -0.1) is 0 Å². The molecule has 3 aromatic rings. The Hall–Kier alpha value is -2.44. The summed E-state index contributed by atoms with van der Waals surface area (Å²) in [4.78, 5) is 11.7. The fraction of sp³-hybridized carbons (Fsp3) is 0.316. The van der Waals surface area contributed by atoms with Crippen LogP contribution in [-0.2, 0) is 0 Å². The number of rotatable bonds is 3. The molecule has 4 rings (SSSR count). The monoisotopic (exact) mass is 369 g/mol. The largest absolute Gasteiger partial charge is 0.361 e. The van der Waals surface area contributed by atoms with Crippen molar-refractivity contribution in [1.82, 2.24) is 15.1 Å². The highest BCUT2D eigenvalue weighted by Gasteiger charge is 2.24. The number of hydrogen-bond acceptors (Lipinski definition) is 6. The van der Waals surface area contributed by atoms with Crippen LogP contribution in [0.5, 0.6) is 0 Å². The highest BCUT2D eigenvalue weighted by atomic mass is 35.5. The first-order valence-corrected chi connectivity index (χ1v) is 8.98. The molecule has 0 bridgehead atoms. The average molecular weight is 370 g/mol. The van der Waals surface area contributed by atoms with Crippen LogP contribution in [0.2, 0.25) is 5.02 Å². The summed E-state index contributed by atoms with van der Waals surface area (Å²) in [5, 5.41) is 4.75. The molecular formula is C19H20ClN5O. The average Bonchev–Trinajstić information content (AvgIpc) is 3.21. The maximum Gasteiger partial charge on any atom is 0.226 e. The van der Waals surface area contributed by atoms with Gasteiger partial charge in [0.05, 0.1) is 22.6 Å². The number of nitrogens with two attached hydrogens (primary N) is 1. The van der Waals surface area contributed by atoms with Crippen molar-refractivity contribution < 1.29 is 4.52 Å². The maximum atomic E-state index is 6.07. The Morgan fingerprint density at radius 1 is 1.15 bits per heavy atom. The molecule has 6 nitrogen and oxygen atoms in total. The summed E-state index contributed by atoms with van der Waals surface area (Å²) in [6.07, 6.45) is 0.940. The Morgan fingerprint density at radius 2 is 1.88 bits per heavy atom. The predicted octanol–water partition coefficient (Wildman–Crippen LogP) is 3.61. The maximum absolute atomic E-state index is 6.07. The second-order valence-corrected chi connectivity index (χ2v) is 7.08. The molecule has 2 aromatic heterocycles. The molecule has 26 heavy (non-hydrogen) atoms. The lowest BCUT2D eigenvalue weighted by Gasteiger charge is -2.18. The molecule has 1 unspecified atom stereocenters. The standard InChI is InChI=1S/C19H20ClN5O/c1-11-18(12(2)26-24-11)17-9-16(13-3-5-14(20)6-4-13)22-19(23-17)25-8-7-15(21)10-25/h3-6,9,15H,7-8,10,21H2,1-2H3. The van der Waals surface area contributed by atoms with Gasteiger partial charge < -0.3 is 15.2 Å². The summed E-state index contributed by atoms with van der Waals surface area (Å²) < 4.78 is 5.33. The zero-order valence-corrected chi connectivity index (χ0v) is 15.5. The fourth-order valence-electron chi connectivity index (χ4n) is 3.29. The number of anilines is 1. The number of benzene rings is 1. The van der Waals surface area contributed by atoms with Crippen LogP contribution in [-0.4, -0.2) is 34.3 Å². The van der Waals surface area contributed by atoms with E-state index in [-0.39, 0.29) is 6.04 Å². The van der Waals surface area contributed by atoms with Gasteiger partial charge in [-0.3, -0.25) is 0 Å². The van der Waals surface area contributed by atoms with E-state index in [0.29, 0.717) is 11.0 Å². The van der Waals surface area contributed by atoms with Crippen molar-refractivity contribution in [1.29, 1.82) is 0 Å². The normalized spacial score (nSPS) is 17.1. The van der Waals surface area contributed by atoms with Crippen LogP contribution in [0.15, 0.2) is 34.9 Å². The topological polar surface area (TPSA) is 81.1 Å². The van der Waals surface area contributed by atoms with E-state index in [1.54, 1.807) is 0 Å². The molecule has 7 heteroatoms. The molecule has 134 valence electrons. The molecule has 0 aliphatic carbocycles. The van der Waals surface area contributed by atoms with Crippen molar-refractivity contribution in [2.75, 3.05) is 18.0 Å². The number of hydrogen-bond donors (Lipinski definition) is 1. The van der Waals surface area contributed by atoms with Gasteiger partial charge in [-0.2, -0.15) is 0 Å². The Bertz CT molecular complexity index is 918. The SMILES string of the molecule is Cc1noc(C)c1-c1cc(-c2ccc(Cl)cc2)nc(N2CCC(N)C2)n1. The predicted molar refractivity (Wildman–Crippen MR) is 102 cm³/mol. The van der Waals surface area contributed by atoms with Gasteiger partial charge in [0.15, 0.2) is 0 Å². The van der Waals surface area contributed by atoms with E-state index in [1.165, 1.54) is 0 Å².